The molecule has 1 saturated carbocycles. The number of hydrogen-bond donors (Lipinski definition) is 3. The molecule has 0 atom stereocenters. The lowest BCUT2D eigenvalue weighted by molar-refractivity contribution is -0.153. The van der Waals surface area contributed by atoms with Crippen LogP contribution in [0.25, 0.3) is 11.4 Å². The maximum absolute atomic E-state index is 12.9. The van der Waals surface area contributed by atoms with Crippen molar-refractivity contribution in [2.75, 3.05) is 18.5 Å². The minimum atomic E-state index is -4.52. The van der Waals surface area contributed by atoms with Gasteiger partial charge >= 0.3 is 12.2 Å². The van der Waals surface area contributed by atoms with Gasteiger partial charge in [0.15, 0.2) is 6.61 Å². The number of halogens is 3. The number of carbonyl (C=O) groups is 1. The van der Waals surface area contributed by atoms with Crippen molar-refractivity contribution < 1.29 is 27.8 Å². The van der Waals surface area contributed by atoms with Crippen LogP contribution in [0.3, 0.4) is 0 Å². The Balaban J connectivity index is 1.54. The van der Waals surface area contributed by atoms with Gasteiger partial charge in [-0.1, -0.05) is 0 Å². The number of nitrogens with zero attached hydrogens (tertiary/aromatic N) is 3. The van der Waals surface area contributed by atoms with Gasteiger partial charge in [-0.2, -0.15) is 18.3 Å². The largest absolute Gasteiger partial charge is 0.484 e. The van der Waals surface area contributed by atoms with Crippen LogP contribution in [-0.4, -0.2) is 56.1 Å². The van der Waals surface area contributed by atoms with Crippen molar-refractivity contribution in [3.8, 4) is 17.1 Å². The van der Waals surface area contributed by atoms with Gasteiger partial charge < -0.3 is 20.1 Å². The van der Waals surface area contributed by atoms with Crippen LogP contribution >= 0.6 is 0 Å². The van der Waals surface area contributed by atoms with Crippen LogP contribution in [0.2, 0.25) is 0 Å². The van der Waals surface area contributed by atoms with E-state index in [1.807, 2.05) is 4.90 Å². The quantitative estimate of drug-likeness (QED) is 0.681. The highest BCUT2D eigenvalue weighted by Gasteiger charge is 2.51. The fraction of sp³-hybridized carbons (Fsp3) is 0.526. The fourth-order valence-corrected chi connectivity index (χ4v) is 3.85. The molecule has 8 nitrogen and oxygen atoms in total. The molecule has 0 unspecified atom stereocenters. The monoisotopic (exact) mass is 425 g/mol. The molecule has 11 heteroatoms. The number of anilines is 1. The smallest absolute Gasteiger partial charge is 0.422 e. The van der Waals surface area contributed by atoms with E-state index in [-0.39, 0.29) is 28.6 Å². The number of aliphatic hydroxyl groups excluding tert-OH is 1. The molecule has 2 amide bonds. The Kier molecular flexibility index (Phi) is 5.31. The maximum atomic E-state index is 12.9. The normalized spacial score (nSPS) is 17.8. The Labute approximate surface area is 170 Å². The summed E-state index contributed by atoms with van der Waals surface area (Å²) in [6, 6.07) is 1.05. The number of likely N-dealkylation sites (tertiary alicyclic amines) is 1. The Morgan fingerprint density at radius 2 is 2.10 bits per heavy atom. The van der Waals surface area contributed by atoms with Gasteiger partial charge in [0.05, 0.1) is 24.2 Å². The number of aromatic nitrogens is 3. The van der Waals surface area contributed by atoms with Crippen molar-refractivity contribution in [2.24, 2.45) is 0 Å². The zero-order valence-corrected chi connectivity index (χ0v) is 16.1. The maximum Gasteiger partial charge on any atom is 0.422 e. The minimum Gasteiger partial charge on any atom is -0.484 e. The molecule has 1 saturated heterocycles. The number of ether oxygens (including phenoxy) is 1. The summed E-state index contributed by atoms with van der Waals surface area (Å²) >= 11 is 0. The van der Waals surface area contributed by atoms with Crippen molar-refractivity contribution in [3.63, 3.8) is 0 Å². The molecule has 1 aliphatic carbocycles. The van der Waals surface area contributed by atoms with Crippen LogP contribution in [0.4, 0.5) is 23.7 Å². The van der Waals surface area contributed by atoms with Crippen molar-refractivity contribution in [2.45, 2.75) is 50.4 Å². The summed E-state index contributed by atoms with van der Waals surface area (Å²) in [7, 11) is 0. The molecular formula is C19H22F3N5O3. The van der Waals surface area contributed by atoms with Gasteiger partial charge in [-0.25, -0.2) is 4.79 Å². The number of piperidine rings is 1. The summed E-state index contributed by atoms with van der Waals surface area (Å²) in [5.41, 5.74) is 1.03. The van der Waals surface area contributed by atoms with Crippen LogP contribution < -0.4 is 10.1 Å². The van der Waals surface area contributed by atoms with Crippen molar-refractivity contribution >= 4 is 11.7 Å². The third kappa shape index (κ3) is 4.20. The molecule has 0 bridgehead atoms. The molecule has 30 heavy (non-hydrogen) atoms. The molecule has 1 spiro atoms. The summed E-state index contributed by atoms with van der Waals surface area (Å²) in [4.78, 5) is 18.9. The van der Waals surface area contributed by atoms with Crippen LogP contribution in [0.1, 0.15) is 37.7 Å². The lowest BCUT2D eigenvalue weighted by atomic mass is 10.0. The Morgan fingerprint density at radius 3 is 2.80 bits per heavy atom. The van der Waals surface area contributed by atoms with E-state index < -0.39 is 19.4 Å². The predicted octanol–water partition coefficient (Wildman–Crippen LogP) is 3.46. The van der Waals surface area contributed by atoms with Gasteiger partial charge in [0, 0.05) is 29.9 Å². The van der Waals surface area contributed by atoms with E-state index in [0.717, 1.165) is 32.1 Å². The Hall–Kier alpha value is -2.82. The Bertz CT molecular complexity index is 926. The number of urea groups is 1. The first-order valence-electron chi connectivity index (χ1n) is 9.73. The second kappa shape index (κ2) is 7.78. The molecule has 0 radical (unpaired) electrons. The van der Waals surface area contributed by atoms with Crippen molar-refractivity contribution in [1.82, 2.24) is 20.1 Å². The second-order valence-corrected chi connectivity index (χ2v) is 7.66. The first-order valence-corrected chi connectivity index (χ1v) is 9.73. The number of hydrogen-bond acceptors (Lipinski definition) is 5. The van der Waals surface area contributed by atoms with E-state index in [1.54, 1.807) is 0 Å². The summed E-state index contributed by atoms with van der Waals surface area (Å²) in [5.74, 6) is -0.139. The van der Waals surface area contributed by atoms with Crippen LogP contribution in [0, 0.1) is 0 Å². The summed E-state index contributed by atoms with van der Waals surface area (Å²) in [6.07, 6.45) is 3.22. The lowest BCUT2D eigenvalue weighted by Gasteiger charge is -2.36. The molecule has 2 aromatic rings. The molecule has 4 rings (SSSR count). The number of alkyl halides is 3. The lowest BCUT2D eigenvalue weighted by Crippen LogP contribution is -2.47. The number of aromatic amines is 1. The molecule has 162 valence electrons. The van der Waals surface area contributed by atoms with Gasteiger partial charge in [-0.15, -0.1) is 0 Å². The molecule has 2 aliphatic rings. The molecule has 1 aliphatic heterocycles. The summed E-state index contributed by atoms with van der Waals surface area (Å²) in [5, 5.41) is 18.9. The number of amides is 2. The average Bonchev–Trinajstić information content (AvgIpc) is 3.31. The van der Waals surface area contributed by atoms with E-state index in [9.17, 15) is 23.1 Å². The van der Waals surface area contributed by atoms with Gasteiger partial charge in [0.25, 0.3) is 0 Å². The van der Waals surface area contributed by atoms with E-state index in [4.69, 9.17) is 4.74 Å². The van der Waals surface area contributed by atoms with Crippen LogP contribution in [0.15, 0.2) is 18.5 Å². The number of aliphatic hydroxyl groups is 1. The standard InChI is InChI=1S/C19H22F3N5O3/c20-19(21,22)11-30-15-7-13(23-8-12(15)10-28)16-14(9-24-26-16)25-17(29)27-6-2-1-3-18(27)4-5-18/h7-9,28H,1-6,10-11H2,(H,24,26)(H,25,29). The molecule has 3 heterocycles. The average molecular weight is 425 g/mol. The zero-order valence-electron chi connectivity index (χ0n) is 16.1. The molecule has 2 fully saturated rings. The molecule has 3 N–H and O–H groups in total. The van der Waals surface area contributed by atoms with Gasteiger partial charge in [0.2, 0.25) is 0 Å². The summed E-state index contributed by atoms with van der Waals surface area (Å²) in [6.45, 7) is -1.32. The van der Waals surface area contributed by atoms with Crippen LogP contribution in [0.5, 0.6) is 5.75 Å². The molecule has 2 aromatic heterocycles. The minimum absolute atomic E-state index is 0.0359. The zero-order chi connectivity index (χ0) is 21.4. The third-order valence-corrected chi connectivity index (χ3v) is 5.56. The predicted molar refractivity (Wildman–Crippen MR) is 101 cm³/mol. The highest BCUT2D eigenvalue weighted by atomic mass is 19.4. The highest BCUT2D eigenvalue weighted by molar-refractivity contribution is 5.93. The number of nitrogens with one attached hydrogen (secondary N) is 2. The molecular weight excluding hydrogens is 403 g/mol. The SMILES string of the molecule is O=C(Nc1cn[nH]c1-c1cc(OCC(F)(F)F)c(CO)cn1)N1CCCCC12CC2. The summed E-state index contributed by atoms with van der Waals surface area (Å²) < 4.78 is 42.4. The van der Waals surface area contributed by atoms with Crippen molar-refractivity contribution in [3.05, 3.63) is 24.0 Å². The van der Waals surface area contributed by atoms with E-state index in [2.05, 4.69) is 20.5 Å². The van der Waals surface area contributed by atoms with E-state index >= 15 is 0 Å². The molecule has 0 aromatic carbocycles. The second-order valence-electron chi connectivity index (χ2n) is 7.66. The van der Waals surface area contributed by atoms with Crippen molar-refractivity contribution in [1.29, 1.82) is 0 Å². The highest BCUT2D eigenvalue weighted by Crippen LogP contribution is 2.48. The van der Waals surface area contributed by atoms with Gasteiger partial charge in [-0.05, 0) is 32.1 Å². The van der Waals surface area contributed by atoms with Crippen LogP contribution in [-0.2, 0) is 6.61 Å². The van der Waals surface area contributed by atoms with Gasteiger partial charge in [0.1, 0.15) is 11.4 Å². The number of H-pyrrole nitrogens is 1. The van der Waals surface area contributed by atoms with E-state index in [1.165, 1.54) is 18.5 Å². The topological polar surface area (TPSA) is 103 Å². The first kappa shape index (κ1) is 20.5. The number of pyridine rings is 1. The first-order chi connectivity index (χ1) is 14.3. The number of rotatable bonds is 5. The van der Waals surface area contributed by atoms with E-state index in [0.29, 0.717) is 17.9 Å². The fourth-order valence-electron chi connectivity index (χ4n) is 3.85. The Morgan fingerprint density at radius 1 is 1.30 bits per heavy atom. The third-order valence-electron chi connectivity index (χ3n) is 5.56. The number of carbonyl (C=O) groups excluding carboxylic acids is 1. The van der Waals surface area contributed by atoms with Gasteiger partial charge in [-0.3, -0.25) is 10.1 Å².